The molecule has 0 unspecified atom stereocenters. The number of hydrogen-bond acceptors (Lipinski definition) is 4. The molecule has 0 saturated carbocycles. The van der Waals surface area contributed by atoms with E-state index in [4.69, 9.17) is 0 Å². The molecule has 1 N–H and O–H groups in total. The van der Waals surface area contributed by atoms with Crippen LogP contribution in [0.5, 0.6) is 0 Å². The number of benzene rings is 3. The van der Waals surface area contributed by atoms with Crippen LogP contribution in [0.3, 0.4) is 0 Å². The Morgan fingerprint density at radius 2 is 1.68 bits per heavy atom. The van der Waals surface area contributed by atoms with E-state index < -0.39 is 11.7 Å². The third-order valence-electron chi connectivity index (χ3n) is 6.62. The van der Waals surface area contributed by atoms with Crippen LogP contribution in [0, 0.1) is 12.7 Å². The first-order chi connectivity index (χ1) is 17.8. The van der Waals surface area contributed by atoms with Crippen LogP contribution in [0.2, 0.25) is 0 Å². The van der Waals surface area contributed by atoms with E-state index in [0.717, 1.165) is 22.4 Å². The molecule has 1 fully saturated rings. The molecule has 3 amide bonds. The van der Waals surface area contributed by atoms with Gasteiger partial charge < -0.3 is 5.32 Å². The Morgan fingerprint density at radius 3 is 2.35 bits per heavy atom. The zero-order chi connectivity index (χ0) is 26.3. The fourth-order valence-electron chi connectivity index (χ4n) is 4.58. The maximum atomic E-state index is 14.1. The van der Waals surface area contributed by atoms with Crippen molar-refractivity contribution in [2.45, 2.75) is 6.92 Å². The maximum Gasteiger partial charge on any atom is 0.350 e. The van der Waals surface area contributed by atoms with Crippen molar-refractivity contribution in [2.75, 3.05) is 29.9 Å². The highest BCUT2D eigenvalue weighted by Gasteiger charge is 2.32. The van der Waals surface area contributed by atoms with Gasteiger partial charge in [0.05, 0.1) is 11.3 Å². The third kappa shape index (κ3) is 4.16. The molecule has 0 bridgehead atoms. The predicted octanol–water partition coefficient (Wildman–Crippen LogP) is 3.49. The molecule has 1 aliphatic heterocycles. The van der Waals surface area contributed by atoms with Crippen molar-refractivity contribution in [3.05, 3.63) is 94.4 Å². The van der Waals surface area contributed by atoms with Gasteiger partial charge in [-0.1, -0.05) is 24.3 Å². The van der Waals surface area contributed by atoms with Gasteiger partial charge in [-0.05, 0) is 60.0 Å². The summed E-state index contributed by atoms with van der Waals surface area (Å²) < 4.78 is 16.9. The highest BCUT2D eigenvalue weighted by molar-refractivity contribution is 6.07. The van der Waals surface area contributed by atoms with Crippen LogP contribution < -0.4 is 20.8 Å². The zero-order valence-electron chi connectivity index (χ0n) is 20.6. The quantitative estimate of drug-likeness (QED) is 0.454. The Kier molecular flexibility index (Phi) is 6.08. The third-order valence-corrected chi connectivity index (χ3v) is 6.62. The predicted molar refractivity (Wildman–Crippen MR) is 139 cm³/mol. The van der Waals surface area contributed by atoms with Crippen LogP contribution in [0.25, 0.3) is 16.8 Å². The summed E-state index contributed by atoms with van der Waals surface area (Å²) in [5.41, 5.74) is 4.42. The summed E-state index contributed by atoms with van der Waals surface area (Å²) in [6, 6.07) is 17.2. The molecule has 1 saturated heterocycles. The van der Waals surface area contributed by atoms with Gasteiger partial charge in [0.15, 0.2) is 0 Å². The molecule has 3 aromatic carbocycles. The fourth-order valence-corrected chi connectivity index (χ4v) is 4.58. The van der Waals surface area contributed by atoms with Gasteiger partial charge in [-0.15, -0.1) is 0 Å². The number of rotatable bonds is 5. The molecule has 0 radical (unpaired) electrons. The second-order valence-electron chi connectivity index (χ2n) is 8.73. The molecular weight excluding hydrogens is 475 g/mol. The lowest BCUT2D eigenvalue weighted by atomic mass is 9.98. The summed E-state index contributed by atoms with van der Waals surface area (Å²) in [7, 11) is 3.03. The van der Waals surface area contributed by atoms with E-state index in [1.165, 1.54) is 40.8 Å². The number of anilines is 2. The lowest BCUT2D eigenvalue weighted by Crippen LogP contribution is -2.32. The minimum absolute atomic E-state index is 0.110. The summed E-state index contributed by atoms with van der Waals surface area (Å²) in [6.07, 6.45) is 1.48. The Bertz CT molecular complexity index is 1570. The summed E-state index contributed by atoms with van der Waals surface area (Å²) >= 11 is 0. The number of aromatic nitrogens is 3. The van der Waals surface area contributed by atoms with Crippen LogP contribution in [0.15, 0.2) is 71.8 Å². The van der Waals surface area contributed by atoms with Gasteiger partial charge in [-0.25, -0.2) is 23.2 Å². The van der Waals surface area contributed by atoms with E-state index in [1.54, 1.807) is 16.8 Å². The SMILES string of the molecule is CNC(=O)c1cc(N2CCN(c3cccc(-c4ccc(-n5cnn(C)c5=O)cc4)c3C)C2=O)ccc1F. The summed E-state index contributed by atoms with van der Waals surface area (Å²) in [5.74, 6) is -1.19. The number of amides is 3. The molecule has 5 rings (SSSR count). The topological polar surface area (TPSA) is 92.5 Å². The van der Waals surface area contributed by atoms with Crippen molar-refractivity contribution in [1.82, 2.24) is 19.7 Å². The molecule has 1 aliphatic rings. The van der Waals surface area contributed by atoms with E-state index in [2.05, 4.69) is 10.4 Å². The molecule has 0 spiro atoms. The lowest BCUT2D eigenvalue weighted by Gasteiger charge is -2.22. The van der Waals surface area contributed by atoms with Gasteiger partial charge in [0.25, 0.3) is 5.91 Å². The Morgan fingerprint density at radius 1 is 0.973 bits per heavy atom. The average Bonchev–Trinajstić information content (AvgIpc) is 3.45. The van der Waals surface area contributed by atoms with Crippen molar-refractivity contribution >= 4 is 23.3 Å². The lowest BCUT2D eigenvalue weighted by molar-refractivity contribution is 0.0959. The second kappa shape index (κ2) is 9.38. The summed E-state index contributed by atoms with van der Waals surface area (Å²) in [4.78, 5) is 40.8. The highest BCUT2D eigenvalue weighted by Crippen LogP contribution is 2.34. The Labute approximate surface area is 212 Å². The fraction of sp³-hybridized carbons (Fsp3) is 0.185. The van der Waals surface area contributed by atoms with Crippen LogP contribution >= 0.6 is 0 Å². The molecule has 4 aromatic rings. The monoisotopic (exact) mass is 500 g/mol. The van der Waals surface area contributed by atoms with E-state index in [9.17, 15) is 18.8 Å². The Balaban J connectivity index is 1.43. The first kappa shape index (κ1) is 24.0. The first-order valence-corrected chi connectivity index (χ1v) is 11.7. The zero-order valence-corrected chi connectivity index (χ0v) is 20.6. The van der Waals surface area contributed by atoms with Gasteiger partial charge in [-0.2, -0.15) is 5.10 Å². The van der Waals surface area contributed by atoms with Gasteiger partial charge in [-0.3, -0.25) is 14.6 Å². The van der Waals surface area contributed by atoms with Crippen molar-refractivity contribution < 1.29 is 14.0 Å². The van der Waals surface area contributed by atoms with E-state index in [1.807, 2.05) is 49.4 Å². The highest BCUT2D eigenvalue weighted by atomic mass is 19.1. The molecule has 10 heteroatoms. The number of urea groups is 1. The van der Waals surface area contributed by atoms with Gasteiger partial charge in [0, 0.05) is 38.6 Å². The number of nitrogens with one attached hydrogen (secondary N) is 1. The minimum Gasteiger partial charge on any atom is -0.355 e. The largest absolute Gasteiger partial charge is 0.355 e. The van der Waals surface area contributed by atoms with Crippen LogP contribution in [-0.2, 0) is 7.05 Å². The summed E-state index contributed by atoms with van der Waals surface area (Å²) in [5, 5.41) is 6.41. The van der Waals surface area contributed by atoms with E-state index >= 15 is 0 Å². The molecule has 0 aliphatic carbocycles. The van der Waals surface area contributed by atoms with E-state index in [0.29, 0.717) is 24.5 Å². The normalized spacial score (nSPS) is 13.4. The number of halogens is 1. The summed E-state index contributed by atoms with van der Waals surface area (Å²) in [6.45, 7) is 2.80. The maximum absolute atomic E-state index is 14.1. The number of hydrogen-bond donors (Lipinski definition) is 1. The number of nitrogens with zero attached hydrogens (tertiary/aromatic N) is 5. The van der Waals surface area contributed by atoms with Crippen LogP contribution in [-0.4, -0.2) is 46.4 Å². The van der Waals surface area contributed by atoms with Gasteiger partial charge in [0.1, 0.15) is 12.1 Å². The molecule has 2 heterocycles. The molecule has 1 aromatic heterocycles. The van der Waals surface area contributed by atoms with Crippen LogP contribution in [0.1, 0.15) is 15.9 Å². The van der Waals surface area contributed by atoms with Crippen molar-refractivity contribution in [3.63, 3.8) is 0 Å². The second-order valence-corrected chi connectivity index (χ2v) is 8.73. The molecular formula is C27H25FN6O3. The van der Waals surface area contributed by atoms with Gasteiger partial charge in [0.2, 0.25) is 0 Å². The first-order valence-electron chi connectivity index (χ1n) is 11.7. The molecule has 9 nitrogen and oxygen atoms in total. The standard InChI is InChI=1S/C27H25FN6O3/c1-17-21(18-7-9-19(10-8-18)34-16-30-31(3)26(34)36)5-4-6-24(17)33-14-13-32(27(33)37)20-11-12-23(28)22(15-20)25(35)29-2/h4-12,15-16H,13-14H2,1-3H3,(H,29,35). The van der Waals surface area contributed by atoms with Crippen molar-refractivity contribution in [3.8, 4) is 16.8 Å². The minimum atomic E-state index is -0.644. The molecule has 0 atom stereocenters. The number of aryl methyl sites for hydroxylation is 1. The molecule has 37 heavy (non-hydrogen) atoms. The molecule has 188 valence electrons. The van der Waals surface area contributed by atoms with E-state index in [-0.39, 0.29) is 17.3 Å². The number of carbonyl (C=O) groups is 2. The average molecular weight is 501 g/mol. The van der Waals surface area contributed by atoms with Crippen LogP contribution in [0.4, 0.5) is 20.6 Å². The van der Waals surface area contributed by atoms with Crippen molar-refractivity contribution in [2.24, 2.45) is 7.05 Å². The Hall–Kier alpha value is -4.73. The van der Waals surface area contributed by atoms with Crippen molar-refractivity contribution in [1.29, 1.82) is 0 Å². The number of carbonyl (C=O) groups excluding carboxylic acids is 2. The van der Waals surface area contributed by atoms with Gasteiger partial charge >= 0.3 is 11.7 Å². The smallest absolute Gasteiger partial charge is 0.350 e.